The molecular formula is C26H20BrNO7S. The molecule has 0 unspecified atom stereocenters. The van der Waals surface area contributed by atoms with Gasteiger partial charge in [-0.2, -0.15) is 0 Å². The Labute approximate surface area is 219 Å². The molecule has 4 rings (SSSR count). The predicted molar refractivity (Wildman–Crippen MR) is 139 cm³/mol. The van der Waals surface area contributed by atoms with Gasteiger partial charge in [0, 0.05) is 0 Å². The maximum absolute atomic E-state index is 13.1. The number of nitrogens with zero attached hydrogens (tertiary/aromatic N) is 1. The Kier molecular flexibility index (Phi) is 7.76. The normalized spacial score (nSPS) is 14.4. The molecule has 1 saturated heterocycles. The Morgan fingerprint density at radius 2 is 1.83 bits per heavy atom. The van der Waals surface area contributed by atoms with E-state index >= 15 is 0 Å². The van der Waals surface area contributed by atoms with Gasteiger partial charge in [-0.15, -0.1) is 0 Å². The summed E-state index contributed by atoms with van der Waals surface area (Å²) in [6, 6.07) is 16.1. The van der Waals surface area contributed by atoms with Crippen LogP contribution in [0.25, 0.3) is 16.8 Å². The molecule has 1 heterocycles. The third kappa shape index (κ3) is 5.29. The van der Waals surface area contributed by atoms with Crippen molar-refractivity contribution in [3.8, 4) is 11.5 Å². The Bertz CT molecular complexity index is 1410. The van der Waals surface area contributed by atoms with Crippen molar-refractivity contribution in [1.82, 2.24) is 4.90 Å². The topological polar surface area (TPSA) is 99.2 Å². The number of rotatable bonds is 7. The third-order valence-corrected chi connectivity index (χ3v) is 6.72. The Morgan fingerprint density at radius 3 is 2.58 bits per heavy atom. The summed E-state index contributed by atoms with van der Waals surface area (Å²) in [6.07, 6.45) is 1.51. The van der Waals surface area contributed by atoms with Gasteiger partial charge in [0.1, 0.15) is 6.54 Å². The number of hydrogen-bond acceptors (Lipinski definition) is 8. The molecule has 2 amide bonds. The summed E-state index contributed by atoms with van der Waals surface area (Å²) < 4.78 is 16.4. The van der Waals surface area contributed by atoms with E-state index in [-0.39, 0.29) is 16.4 Å². The molecule has 1 aliphatic rings. The first-order valence-electron chi connectivity index (χ1n) is 10.8. The van der Waals surface area contributed by atoms with Crippen molar-refractivity contribution in [2.75, 3.05) is 20.3 Å². The van der Waals surface area contributed by atoms with Gasteiger partial charge in [-0.25, -0.2) is 4.79 Å². The third-order valence-electron chi connectivity index (χ3n) is 5.22. The molecule has 0 spiro atoms. The SMILES string of the molecule is CCOc1cc(/C=C2\SC(=O)N(CC(=O)OC)C2=O)cc(Br)c1OC(=O)c1cccc2ccccc12. The van der Waals surface area contributed by atoms with Gasteiger partial charge in [-0.05, 0) is 75.2 Å². The number of methoxy groups -OCH3 is 1. The number of carbonyl (C=O) groups excluding carboxylic acids is 4. The molecule has 184 valence electrons. The summed E-state index contributed by atoms with van der Waals surface area (Å²) in [4.78, 5) is 50.4. The second-order valence-corrected chi connectivity index (χ2v) is 9.37. The Hall–Kier alpha value is -3.63. The zero-order valence-electron chi connectivity index (χ0n) is 19.3. The average Bonchev–Trinajstić information content (AvgIpc) is 3.12. The molecule has 0 atom stereocenters. The lowest BCUT2D eigenvalue weighted by molar-refractivity contribution is -0.143. The van der Waals surface area contributed by atoms with Crippen LogP contribution in [0, 0.1) is 0 Å². The van der Waals surface area contributed by atoms with Crippen molar-refractivity contribution in [2.24, 2.45) is 0 Å². The van der Waals surface area contributed by atoms with Gasteiger partial charge < -0.3 is 14.2 Å². The number of benzene rings is 3. The van der Waals surface area contributed by atoms with Crippen LogP contribution in [0.1, 0.15) is 22.8 Å². The lowest BCUT2D eigenvalue weighted by Gasteiger charge is -2.14. The van der Waals surface area contributed by atoms with E-state index in [0.717, 1.165) is 15.7 Å². The Balaban J connectivity index is 1.64. The number of amides is 2. The molecule has 0 N–H and O–H groups in total. The van der Waals surface area contributed by atoms with Gasteiger partial charge in [0.25, 0.3) is 11.1 Å². The predicted octanol–water partition coefficient (Wildman–Crippen LogP) is 5.43. The van der Waals surface area contributed by atoms with Crippen molar-refractivity contribution >= 4 is 67.6 Å². The van der Waals surface area contributed by atoms with Crippen molar-refractivity contribution < 1.29 is 33.4 Å². The molecule has 3 aromatic carbocycles. The maximum atomic E-state index is 13.1. The summed E-state index contributed by atoms with van der Waals surface area (Å²) in [7, 11) is 1.18. The first kappa shape index (κ1) is 25.5. The highest BCUT2D eigenvalue weighted by molar-refractivity contribution is 9.10. The standard InChI is InChI=1S/C26H20BrNO7S/c1-3-34-20-12-15(13-21-24(30)28(26(32)36-21)14-22(29)33-2)11-19(27)23(20)35-25(31)18-10-6-8-16-7-4-5-9-17(16)18/h4-13H,3,14H2,1-2H3/b21-13-. The molecule has 0 radical (unpaired) electrons. The molecule has 0 bridgehead atoms. The van der Waals surface area contributed by atoms with E-state index in [1.165, 1.54) is 13.2 Å². The van der Waals surface area contributed by atoms with Crippen molar-refractivity contribution in [2.45, 2.75) is 6.92 Å². The lowest BCUT2D eigenvalue weighted by Crippen LogP contribution is -2.34. The Morgan fingerprint density at radius 1 is 1.08 bits per heavy atom. The molecule has 36 heavy (non-hydrogen) atoms. The van der Waals surface area contributed by atoms with Crippen LogP contribution < -0.4 is 9.47 Å². The highest BCUT2D eigenvalue weighted by Crippen LogP contribution is 2.40. The minimum absolute atomic E-state index is 0.138. The number of esters is 2. The second-order valence-electron chi connectivity index (χ2n) is 7.52. The largest absolute Gasteiger partial charge is 0.490 e. The lowest BCUT2D eigenvalue weighted by atomic mass is 10.0. The van der Waals surface area contributed by atoms with E-state index in [4.69, 9.17) is 9.47 Å². The summed E-state index contributed by atoms with van der Waals surface area (Å²) in [6.45, 7) is 1.62. The van der Waals surface area contributed by atoms with Crippen LogP contribution in [-0.2, 0) is 14.3 Å². The molecule has 0 saturated carbocycles. The van der Waals surface area contributed by atoms with Gasteiger partial charge in [0.2, 0.25) is 0 Å². The molecule has 8 nitrogen and oxygen atoms in total. The first-order valence-corrected chi connectivity index (χ1v) is 12.4. The van der Waals surface area contributed by atoms with E-state index in [0.29, 0.717) is 34.0 Å². The number of imide groups is 1. The monoisotopic (exact) mass is 569 g/mol. The van der Waals surface area contributed by atoms with E-state index < -0.39 is 29.6 Å². The fourth-order valence-electron chi connectivity index (χ4n) is 3.57. The first-order chi connectivity index (χ1) is 17.3. The van der Waals surface area contributed by atoms with Crippen molar-refractivity contribution in [3.63, 3.8) is 0 Å². The number of hydrogen-bond donors (Lipinski definition) is 0. The summed E-state index contributed by atoms with van der Waals surface area (Å²) in [5, 5.41) is 1.10. The van der Waals surface area contributed by atoms with Gasteiger partial charge in [0.15, 0.2) is 11.5 Å². The van der Waals surface area contributed by atoms with Crippen LogP contribution in [0.3, 0.4) is 0 Å². The van der Waals surface area contributed by atoms with E-state index in [2.05, 4.69) is 20.7 Å². The van der Waals surface area contributed by atoms with Gasteiger partial charge in [-0.1, -0.05) is 36.4 Å². The summed E-state index contributed by atoms with van der Waals surface area (Å²) in [5.41, 5.74) is 0.935. The van der Waals surface area contributed by atoms with E-state index in [1.54, 1.807) is 31.2 Å². The van der Waals surface area contributed by atoms with Gasteiger partial charge in [-0.3, -0.25) is 19.3 Å². The maximum Gasteiger partial charge on any atom is 0.344 e. The highest BCUT2D eigenvalue weighted by Gasteiger charge is 2.36. The fourth-order valence-corrected chi connectivity index (χ4v) is 4.94. The number of fused-ring (bicyclic) bond motifs is 1. The number of halogens is 1. The van der Waals surface area contributed by atoms with Crippen molar-refractivity contribution in [1.29, 1.82) is 0 Å². The molecule has 1 aliphatic heterocycles. The molecule has 10 heteroatoms. The van der Waals surface area contributed by atoms with Crippen LogP contribution in [0.5, 0.6) is 11.5 Å². The average molecular weight is 570 g/mol. The van der Waals surface area contributed by atoms with Gasteiger partial charge in [0.05, 0.1) is 28.7 Å². The minimum Gasteiger partial charge on any atom is -0.490 e. The van der Waals surface area contributed by atoms with Gasteiger partial charge >= 0.3 is 11.9 Å². The minimum atomic E-state index is -0.697. The van der Waals surface area contributed by atoms with Crippen LogP contribution >= 0.6 is 27.7 Å². The van der Waals surface area contributed by atoms with Crippen LogP contribution in [0.15, 0.2) is 64.0 Å². The zero-order valence-corrected chi connectivity index (χ0v) is 21.7. The van der Waals surface area contributed by atoms with E-state index in [9.17, 15) is 19.2 Å². The number of ether oxygens (including phenoxy) is 3. The quantitative estimate of drug-likeness (QED) is 0.211. The summed E-state index contributed by atoms with van der Waals surface area (Å²) in [5.74, 6) is -1.38. The van der Waals surface area contributed by atoms with Crippen LogP contribution in [0.4, 0.5) is 4.79 Å². The van der Waals surface area contributed by atoms with Crippen molar-refractivity contribution in [3.05, 3.63) is 75.1 Å². The smallest absolute Gasteiger partial charge is 0.344 e. The van der Waals surface area contributed by atoms with E-state index in [1.807, 2.05) is 30.3 Å². The zero-order chi connectivity index (χ0) is 25.8. The molecule has 3 aromatic rings. The molecule has 1 fully saturated rings. The molecular weight excluding hydrogens is 550 g/mol. The molecule has 0 aromatic heterocycles. The highest BCUT2D eigenvalue weighted by atomic mass is 79.9. The van der Waals surface area contributed by atoms with Crippen LogP contribution in [-0.4, -0.2) is 48.2 Å². The molecule has 0 aliphatic carbocycles. The number of carbonyl (C=O) groups is 4. The number of thioether (sulfide) groups is 1. The fraction of sp³-hybridized carbons (Fsp3) is 0.154. The van der Waals surface area contributed by atoms with Crippen LogP contribution in [0.2, 0.25) is 0 Å². The second kappa shape index (κ2) is 11.0. The summed E-state index contributed by atoms with van der Waals surface area (Å²) >= 11 is 4.15.